The van der Waals surface area contributed by atoms with Gasteiger partial charge in [0.05, 0.1) is 59.0 Å². The van der Waals surface area contributed by atoms with E-state index >= 15 is 0 Å². The summed E-state index contributed by atoms with van der Waals surface area (Å²) in [6.45, 7) is -2.23. The lowest BCUT2D eigenvalue weighted by atomic mass is 10.1. The molecule has 8 unspecified atom stereocenters. The number of esters is 1. The van der Waals surface area contributed by atoms with E-state index in [0.717, 1.165) is 40.1 Å². The Labute approximate surface area is 695 Å². The van der Waals surface area contributed by atoms with Crippen molar-refractivity contribution in [2.75, 3.05) is 105 Å². The highest BCUT2D eigenvalue weighted by molar-refractivity contribution is 5.79. The van der Waals surface area contributed by atoms with Crippen LogP contribution in [0.1, 0.15) is 57.8 Å². The second kappa shape index (κ2) is 43.0. The van der Waals surface area contributed by atoms with Crippen molar-refractivity contribution in [3.8, 4) is 0 Å². The van der Waals surface area contributed by atoms with Gasteiger partial charge in [-0.1, -0.05) is 25.6 Å². The number of carbonyl (C=O) groups is 3. The summed E-state index contributed by atoms with van der Waals surface area (Å²) in [6.07, 6.45) is -23.1. The molecule has 23 atom stereocenters. The summed E-state index contributed by atoms with van der Waals surface area (Å²) < 4.78 is 106. The molecule has 65 heteroatoms. The van der Waals surface area contributed by atoms with Gasteiger partial charge < -0.3 is 132 Å². The largest absolute Gasteiger partial charge is 0.480 e. The van der Waals surface area contributed by atoms with Crippen molar-refractivity contribution in [3.05, 3.63) is 164 Å². The Kier molecular flexibility index (Phi) is 34.2. The molecule has 21 N–H and O–H groups in total. The lowest BCUT2D eigenvalue weighted by Gasteiger charge is -2.24. The molecule has 6 saturated heterocycles. The molecule has 5 aromatic heterocycles. The zero-order chi connectivity index (χ0) is 93.8. The highest BCUT2D eigenvalue weighted by Crippen LogP contribution is 2.45. The van der Waals surface area contributed by atoms with Gasteiger partial charge in [0.15, 0.2) is 67.8 Å². The number of anilines is 6. The second-order valence-electron chi connectivity index (χ2n) is 27.0. The maximum Gasteiger partial charge on any atom is 0.351 e. The van der Waals surface area contributed by atoms with E-state index < -0.39 is 224 Å². The predicted octanol–water partition coefficient (Wildman–Crippen LogP) is -5.05. The van der Waals surface area contributed by atoms with Crippen LogP contribution in [0.3, 0.4) is 0 Å². The van der Waals surface area contributed by atoms with Crippen LogP contribution in [-0.4, -0.2) is 318 Å². The Morgan fingerprint density at radius 1 is 0.532 bits per heavy atom. The number of carboxylic acids is 2. The average Bonchev–Trinajstić information content (AvgIpc) is 1.63. The van der Waals surface area contributed by atoms with Crippen LogP contribution in [0.2, 0.25) is 0 Å². The third-order valence-corrected chi connectivity index (χ3v) is 19.1. The summed E-state index contributed by atoms with van der Waals surface area (Å²) in [5.74, 6) is -2.87. The molecule has 0 aromatic carbocycles. The minimum Gasteiger partial charge on any atom is -0.480 e. The van der Waals surface area contributed by atoms with Crippen LogP contribution in [0, 0.1) is 0 Å². The fourth-order valence-electron chi connectivity index (χ4n) is 12.5. The predicted molar refractivity (Wildman–Crippen MR) is 405 cm³/mol. The fourth-order valence-corrected chi connectivity index (χ4v) is 12.5. The van der Waals surface area contributed by atoms with Crippen molar-refractivity contribution < 1.29 is 136 Å². The number of nitrogen functional groups attached to an aromatic ring is 1. The number of methoxy groups -OCH3 is 1. The smallest absolute Gasteiger partial charge is 0.351 e. The summed E-state index contributed by atoms with van der Waals surface area (Å²) in [7, 11) is 1.20. The van der Waals surface area contributed by atoms with Crippen LogP contribution in [0.15, 0.2) is 104 Å². The molecule has 126 heavy (non-hydrogen) atoms. The number of nitrogens with zero attached hydrogens (tertiary/aromatic N) is 25. The van der Waals surface area contributed by atoms with Crippen LogP contribution < -0.4 is 65.9 Å². The van der Waals surface area contributed by atoms with Crippen LogP contribution in [0.4, 0.5) is 56.6 Å². The Bertz CT molecular complexity index is 5350. The first-order valence-corrected chi connectivity index (χ1v) is 36.1. The number of aliphatic hydroxyl groups is 12. The number of hydrogen-bond acceptors (Lipinski definition) is 42. The maximum atomic E-state index is 14.5. The highest BCUT2D eigenvalue weighted by atomic mass is 19.2. The Morgan fingerprint density at radius 3 is 1.20 bits per heavy atom. The molecule has 0 bridgehead atoms. The normalized spacial score (nSPS) is 30.1. The van der Waals surface area contributed by atoms with E-state index in [2.05, 4.69) is 96.1 Å². The zero-order valence-corrected chi connectivity index (χ0v) is 65.0. The number of rotatable bonds is 29. The van der Waals surface area contributed by atoms with Crippen molar-refractivity contribution in [2.45, 2.75) is 166 Å². The molecule has 6 fully saturated rings. The molecular weight excluding hydrogens is 1730 g/mol. The molecule has 0 aliphatic carbocycles. The number of carbonyl (C=O) groups excluding carboxylic acids is 1. The number of H-pyrrole nitrogens is 1. The van der Waals surface area contributed by atoms with E-state index in [4.69, 9.17) is 72.4 Å². The van der Waals surface area contributed by atoms with Crippen molar-refractivity contribution in [1.82, 2.24) is 47.8 Å². The standard InChI is InChI=1S/C14H17FN6O6.C13H17FN6O6.C12H15FN6O6.C11H16FN7O5.C11H15FN6O6/c15-9-10(23)14(6-22,18-19-16)27-11(9)21-5-3-8(17-13(21)26)20-4-1-2-7(20)12(24)25;1-6(11(23)25-2)16-7-3-4-20(12(24)17-7)10-8(14)9(22)13(5-21,26-10)18-19-15;1-5(10(22)23)15-6-2-3-19(11(24)16-6)9-7(13)8(21)12(4-20,25-9)17-18-14;12-6-7(22)11(4-21,17-18-14)24-9(6)19-3-5(15-1-2-20)8(13)16-10(19)23;12-6-7(21)11(4-20,16-17-13)24-9(6)18-3-5(14-1-2-19)8(22)15-10(18)23/h3,5,7,9-11,22-23H,1-2,4,6H2,(H,24,25);3-4,6,8-10,21-22H,5H2,1-2H3,(H,16,17,24);2-3,5,7-9,20-21H,4H2,1H3,(H,22,23)(H,15,16,24);3,6-7,9,15,20-22H,1-2,4H2,(H2,13,16,23);3,6-7,9,14,19-21H,1-2,4H2,(H,15,22,23)/t7-,9-,10?,11?,14+;6?,8-,9?,10?,13+;5?,7-,8?,9?,12+;2*6-,7-,9+,11+/m00000/s1. The minimum absolute atomic E-state index is 0.00616. The summed E-state index contributed by atoms with van der Waals surface area (Å²) in [5.41, 5.74) is 31.1. The molecule has 0 spiro atoms. The third-order valence-electron chi connectivity index (χ3n) is 19.1. The number of aromatic amines is 1. The average molecular weight is 1810 g/mol. The monoisotopic (exact) mass is 1810 g/mol. The van der Waals surface area contributed by atoms with E-state index in [1.165, 1.54) is 44.1 Å². The maximum absolute atomic E-state index is 14.5. The van der Waals surface area contributed by atoms with E-state index in [1.54, 1.807) is 0 Å². The number of aliphatic hydroxyl groups excluding tert-OH is 12. The van der Waals surface area contributed by atoms with Crippen LogP contribution in [-0.2, 0) is 42.8 Å². The lowest BCUT2D eigenvalue weighted by molar-refractivity contribution is -0.141. The first-order valence-electron chi connectivity index (χ1n) is 36.1. The van der Waals surface area contributed by atoms with E-state index in [0.29, 0.717) is 33.1 Å². The number of azide groups is 5. The molecule has 688 valence electrons. The number of carboxylic acid groups (broad SMARTS) is 2. The highest BCUT2D eigenvalue weighted by Gasteiger charge is 2.61. The molecule has 0 saturated carbocycles. The number of hydrogen-bond donors (Lipinski definition) is 20. The van der Waals surface area contributed by atoms with E-state index in [1.807, 2.05) is 4.98 Å². The third kappa shape index (κ3) is 21.1. The second-order valence-corrected chi connectivity index (χ2v) is 27.0. The van der Waals surface area contributed by atoms with Gasteiger partial charge in [0, 0.05) is 75.2 Å². The number of aliphatic carboxylic acids is 2. The molecule has 11 rings (SSSR count). The summed E-state index contributed by atoms with van der Waals surface area (Å²) >= 11 is 0. The van der Waals surface area contributed by atoms with Crippen LogP contribution >= 0.6 is 0 Å². The first-order chi connectivity index (χ1) is 59.7. The molecule has 11 heterocycles. The molecule has 6 aliphatic heterocycles. The van der Waals surface area contributed by atoms with Gasteiger partial charge >= 0.3 is 46.4 Å². The molecule has 60 nitrogen and oxygen atoms in total. The van der Waals surface area contributed by atoms with Gasteiger partial charge in [-0.15, -0.1) is 0 Å². The van der Waals surface area contributed by atoms with Gasteiger partial charge in [-0.05, 0) is 72.5 Å². The number of aromatic nitrogens is 10. The fraction of sp³-hybridized carbons (Fsp3) is 0.623. The summed E-state index contributed by atoms with van der Waals surface area (Å²) in [4.78, 5) is 135. The van der Waals surface area contributed by atoms with Gasteiger partial charge in [0.1, 0.15) is 71.8 Å². The van der Waals surface area contributed by atoms with Crippen molar-refractivity contribution in [3.63, 3.8) is 0 Å². The van der Waals surface area contributed by atoms with Gasteiger partial charge in [-0.3, -0.25) is 37.4 Å². The first kappa shape index (κ1) is 100. The Balaban J connectivity index is 0.000000216. The number of ether oxygens (including phenoxy) is 6. The topological polar surface area (TPSA) is 905 Å². The number of alkyl halides is 5. The summed E-state index contributed by atoms with van der Waals surface area (Å²) in [5, 5.41) is 157. The van der Waals surface area contributed by atoms with Gasteiger partial charge in [0.25, 0.3) is 5.56 Å². The molecule has 6 aliphatic rings. The van der Waals surface area contributed by atoms with E-state index in [-0.39, 0.29) is 60.9 Å². The molecule has 5 aromatic rings. The van der Waals surface area contributed by atoms with Crippen molar-refractivity contribution >= 4 is 52.6 Å². The minimum atomic E-state index is -2.30. The van der Waals surface area contributed by atoms with Crippen molar-refractivity contribution in [2.24, 2.45) is 25.6 Å². The molecule has 0 radical (unpaired) electrons. The SMILES string of the molecule is CC(Nc1ccn(C2O[C@@](CO)(N=[N+]=[N-])C(O)[C@@H]2F)c(=O)n1)C(=O)O.COC(=O)C(C)Nc1ccn(C2O[C@@](CO)(N=[N+]=[N-])C(O)[C@@H]2F)c(=O)n1.[N-]=[N+]=N[C@]1(CO)OC(n2ccc(N3CCC[C@H]3C(=O)O)nc2=O)[C@@H](F)C1O.[N-]=[N+]=N[C@]1(CO)O[C@@H](n2cc(NCCO)c(=O)[nH]c2=O)[C@@H](F)[C@@H]1O.[N-]=[N+]=N[C@]1(CO)O[C@@H](n2cc(NCCO)c(N)nc2=O)[C@@H](F)[C@@H]1O. The van der Waals surface area contributed by atoms with Gasteiger partial charge in [0.2, 0.25) is 28.6 Å². The quantitative estimate of drug-likeness (QED) is 0.00700. The lowest BCUT2D eigenvalue weighted by Crippen LogP contribution is -2.43. The Morgan fingerprint density at radius 2 is 0.865 bits per heavy atom. The van der Waals surface area contributed by atoms with Gasteiger partial charge in [-0.25, -0.2) is 55.5 Å². The zero-order valence-electron chi connectivity index (χ0n) is 65.0. The molecular formula is C61H80F5N31O29. The van der Waals surface area contributed by atoms with Gasteiger partial charge in [-0.2, -0.15) is 19.9 Å². The van der Waals surface area contributed by atoms with E-state index in [9.17, 15) is 121 Å². The summed E-state index contributed by atoms with van der Waals surface area (Å²) in [6, 6.07) is 1.20. The molecule has 0 amide bonds. The number of nitrogens with one attached hydrogen (secondary N) is 5. The number of halogens is 5. The van der Waals surface area contributed by atoms with Crippen LogP contribution in [0.25, 0.3) is 52.2 Å². The van der Waals surface area contributed by atoms with Crippen LogP contribution in [0.5, 0.6) is 0 Å². The number of nitrogens with two attached hydrogens (primary N) is 1. The van der Waals surface area contributed by atoms with Crippen molar-refractivity contribution in [1.29, 1.82) is 0 Å². The Hall–Kier alpha value is -13.1.